The highest BCUT2D eigenvalue weighted by Gasteiger charge is 2.25. The van der Waals surface area contributed by atoms with Gasteiger partial charge in [0.2, 0.25) is 0 Å². The number of hydrogen-bond acceptors (Lipinski definition) is 6. The molecule has 1 N–H and O–H groups in total. The van der Waals surface area contributed by atoms with Crippen LogP contribution < -0.4 is 14.9 Å². The second-order valence-electron chi connectivity index (χ2n) is 6.78. The molecule has 4 rings (SSSR count). The summed E-state index contributed by atoms with van der Waals surface area (Å²) in [5, 5.41) is 10.1. The number of ether oxygens (including phenoxy) is 4. The topological polar surface area (TPSA) is 79.2 Å². The highest BCUT2D eigenvalue weighted by Crippen LogP contribution is 2.39. The zero-order valence-corrected chi connectivity index (χ0v) is 15.5. The summed E-state index contributed by atoms with van der Waals surface area (Å²) >= 11 is 0. The van der Waals surface area contributed by atoms with Gasteiger partial charge in [0.05, 0.1) is 32.6 Å². The van der Waals surface area contributed by atoms with Gasteiger partial charge >= 0.3 is 0 Å². The Kier molecular flexibility index (Phi) is 4.80. The molecule has 7 heteroatoms. The Bertz CT molecular complexity index is 914. The maximum Gasteiger partial charge on any atom is 0.197 e. The van der Waals surface area contributed by atoms with Crippen LogP contribution in [0.1, 0.15) is 11.1 Å². The van der Waals surface area contributed by atoms with Gasteiger partial charge in [0.25, 0.3) is 0 Å². The summed E-state index contributed by atoms with van der Waals surface area (Å²) < 4.78 is 24.2. The second-order valence-corrected chi connectivity index (χ2v) is 6.78. The lowest BCUT2D eigenvalue weighted by molar-refractivity contribution is -0.102. The zero-order chi connectivity index (χ0) is 19.0. The van der Waals surface area contributed by atoms with Gasteiger partial charge in [-0.3, -0.25) is 4.79 Å². The van der Waals surface area contributed by atoms with Crippen molar-refractivity contribution in [3.05, 3.63) is 39.5 Å². The van der Waals surface area contributed by atoms with Crippen molar-refractivity contribution in [3.8, 4) is 28.6 Å². The normalized spacial score (nSPS) is 18.5. The van der Waals surface area contributed by atoms with Gasteiger partial charge in [-0.1, -0.05) is 0 Å². The van der Waals surface area contributed by atoms with Crippen molar-refractivity contribution in [3.63, 3.8) is 0 Å². The monoisotopic (exact) mass is 373 g/mol. The number of phenolic OH excluding ortho intramolecular Hbond substituents is 1. The fourth-order valence-electron chi connectivity index (χ4n) is 3.66. The minimum atomic E-state index is -0.140. The van der Waals surface area contributed by atoms with Crippen molar-refractivity contribution >= 4 is 0 Å². The molecule has 0 unspecified atom stereocenters. The van der Waals surface area contributed by atoms with Crippen LogP contribution in [0.4, 0.5) is 0 Å². The van der Waals surface area contributed by atoms with E-state index < -0.39 is 0 Å². The van der Waals surface area contributed by atoms with Crippen LogP contribution >= 0.6 is 0 Å². The number of fused-ring (bicyclic) bond motifs is 3. The Hall–Kier alpha value is -2.51. The molecule has 2 aliphatic rings. The van der Waals surface area contributed by atoms with E-state index in [0.717, 1.165) is 23.2 Å². The second kappa shape index (κ2) is 7.25. The Balaban J connectivity index is 1.74. The summed E-state index contributed by atoms with van der Waals surface area (Å²) in [6.45, 7) is 4.44. The van der Waals surface area contributed by atoms with E-state index in [1.807, 2.05) is 11.5 Å². The molecule has 7 nitrogen and oxygen atoms in total. The molecule has 144 valence electrons. The van der Waals surface area contributed by atoms with Gasteiger partial charge in [0.15, 0.2) is 22.8 Å². The molecule has 1 atom stereocenters. The summed E-state index contributed by atoms with van der Waals surface area (Å²) in [5.74, 6) is 1.01. The minimum absolute atomic E-state index is 0.0862. The lowest BCUT2D eigenvalue weighted by Gasteiger charge is -2.28. The first-order valence-electron chi connectivity index (χ1n) is 9.05. The van der Waals surface area contributed by atoms with Crippen LogP contribution in [0, 0.1) is 6.92 Å². The van der Waals surface area contributed by atoms with Gasteiger partial charge in [-0.25, -0.2) is 0 Å². The van der Waals surface area contributed by atoms with Gasteiger partial charge in [-0.15, -0.1) is 0 Å². The number of rotatable bonds is 4. The van der Waals surface area contributed by atoms with Crippen molar-refractivity contribution in [1.29, 1.82) is 0 Å². The number of aromatic nitrogens is 1. The van der Waals surface area contributed by atoms with Crippen molar-refractivity contribution < 1.29 is 24.1 Å². The number of benzene rings is 1. The molecule has 0 amide bonds. The summed E-state index contributed by atoms with van der Waals surface area (Å²) in [4.78, 5) is 12.6. The molecule has 0 aliphatic carbocycles. The third-order valence-corrected chi connectivity index (χ3v) is 5.08. The van der Waals surface area contributed by atoms with E-state index in [1.165, 1.54) is 13.2 Å². The molecule has 1 fully saturated rings. The molecule has 3 heterocycles. The van der Waals surface area contributed by atoms with Crippen molar-refractivity contribution in [2.75, 3.05) is 33.5 Å². The summed E-state index contributed by atoms with van der Waals surface area (Å²) in [5.41, 5.74) is 3.23. The Morgan fingerprint density at radius 3 is 2.89 bits per heavy atom. The SMILES string of the molecule is COc1cc2c(cc1O)CCn1c(OC[C@@H]3COCCO3)cc(=O)c(C)c1-2. The Morgan fingerprint density at radius 2 is 2.15 bits per heavy atom. The molecule has 2 aliphatic heterocycles. The van der Waals surface area contributed by atoms with E-state index in [2.05, 4.69) is 0 Å². The van der Waals surface area contributed by atoms with Crippen LogP contribution in [0.3, 0.4) is 0 Å². The average Bonchev–Trinajstić information content (AvgIpc) is 2.69. The number of nitrogens with zero attached hydrogens (tertiary/aromatic N) is 1. The molecule has 0 bridgehead atoms. The highest BCUT2D eigenvalue weighted by molar-refractivity contribution is 5.73. The number of aryl methyl sites for hydroxylation is 1. The maximum absolute atomic E-state index is 12.6. The highest BCUT2D eigenvalue weighted by atomic mass is 16.6. The van der Waals surface area contributed by atoms with E-state index in [4.69, 9.17) is 18.9 Å². The maximum atomic E-state index is 12.6. The number of hydrogen-bond donors (Lipinski definition) is 1. The summed E-state index contributed by atoms with van der Waals surface area (Å²) in [6, 6.07) is 5.03. The molecular formula is C20H23NO6. The van der Waals surface area contributed by atoms with E-state index in [0.29, 0.717) is 50.2 Å². The number of pyridine rings is 1. The lowest BCUT2D eigenvalue weighted by atomic mass is 9.94. The largest absolute Gasteiger partial charge is 0.504 e. The zero-order valence-electron chi connectivity index (χ0n) is 15.5. The van der Waals surface area contributed by atoms with Gasteiger partial charge in [-0.05, 0) is 31.0 Å². The van der Waals surface area contributed by atoms with Gasteiger partial charge in [-0.2, -0.15) is 0 Å². The Morgan fingerprint density at radius 1 is 1.30 bits per heavy atom. The smallest absolute Gasteiger partial charge is 0.197 e. The fourth-order valence-corrected chi connectivity index (χ4v) is 3.66. The van der Waals surface area contributed by atoms with Crippen LogP contribution in [0.5, 0.6) is 17.4 Å². The van der Waals surface area contributed by atoms with Crippen molar-refractivity contribution in [2.24, 2.45) is 0 Å². The summed E-state index contributed by atoms with van der Waals surface area (Å²) in [7, 11) is 1.51. The number of methoxy groups -OCH3 is 1. The quantitative estimate of drug-likeness (QED) is 0.882. The molecule has 0 saturated carbocycles. The molecular weight excluding hydrogens is 350 g/mol. The molecule has 2 aromatic rings. The van der Waals surface area contributed by atoms with E-state index in [1.54, 1.807) is 12.1 Å². The lowest BCUT2D eigenvalue weighted by Crippen LogP contribution is -2.34. The van der Waals surface area contributed by atoms with Crippen LogP contribution in [0.25, 0.3) is 11.3 Å². The third kappa shape index (κ3) is 3.28. The number of phenols is 1. The van der Waals surface area contributed by atoms with E-state index >= 15 is 0 Å². The van der Waals surface area contributed by atoms with Gasteiger partial charge in [0, 0.05) is 23.7 Å². The molecule has 27 heavy (non-hydrogen) atoms. The molecule has 1 aromatic carbocycles. The molecule has 1 aromatic heterocycles. The average molecular weight is 373 g/mol. The fraction of sp³-hybridized carbons (Fsp3) is 0.450. The van der Waals surface area contributed by atoms with E-state index in [9.17, 15) is 9.90 Å². The van der Waals surface area contributed by atoms with Gasteiger partial charge in [0.1, 0.15) is 12.7 Å². The third-order valence-electron chi connectivity index (χ3n) is 5.08. The standard InChI is InChI=1S/C20H23NO6/c1-12-16(22)9-19(27-11-14-10-25-5-6-26-14)21-4-3-13-7-17(23)18(24-2)8-15(13)20(12)21/h7-9,14,23H,3-6,10-11H2,1-2H3/t14-/m0/s1. The van der Waals surface area contributed by atoms with Gasteiger partial charge < -0.3 is 28.6 Å². The molecule has 0 radical (unpaired) electrons. The van der Waals surface area contributed by atoms with Crippen LogP contribution in [0.2, 0.25) is 0 Å². The first kappa shape index (κ1) is 17.9. The number of aromatic hydroxyl groups is 1. The predicted octanol–water partition coefficient (Wildman–Crippen LogP) is 1.89. The van der Waals surface area contributed by atoms with Crippen molar-refractivity contribution in [2.45, 2.75) is 26.0 Å². The van der Waals surface area contributed by atoms with Crippen molar-refractivity contribution in [1.82, 2.24) is 4.57 Å². The first-order chi connectivity index (χ1) is 13.1. The molecule has 1 saturated heterocycles. The van der Waals surface area contributed by atoms with Crippen LogP contribution in [0.15, 0.2) is 23.0 Å². The van der Waals surface area contributed by atoms with Crippen LogP contribution in [-0.4, -0.2) is 49.3 Å². The first-order valence-corrected chi connectivity index (χ1v) is 9.05. The summed E-state index contributed by atoms with van der Waals surface area (Å²) in [6.07, 6.45) is 0.584. The molecule has 0 spiro atoms. The van der Waals surface area contributed by atoms with Crippen LogP contribution in [-0.2, 0) is 22.4 Å². The Labute approximate surface area is 157 Å². The predicted molar refractivity (Wildman–Crippen MR) is 98.8 cm³/mol. The minimum Gasteiger partial charge on any atom is -0.504 e. The van der Waals surface area contributed by atoms with E-state index in [-0.39, 0.29) is 17.3 Å².